The molecule has 0 aliphatic carbocycles. The zero-order valence-corrected chi connectivity index (χ0v) is 11.2. The Bertz CT molecular complexity index is 511. The summed E-state index contributed by atoms with van der Waals surface area (Å²) in [4.78, 5) is 20.3. The Hall–Kier alpha value is -1.93. The van der Waals surface area contributed by atoms with Gasteiger partial charge in [0.1, 0.15) is 0 Å². The molecule has 0 bridgehead atoms. The molecule has 0 saturated heterocycles. The number of amides is 2. The largest absolute Gasteiger partial charge is 0.343 e. The number of carbonyl (C=O) groups is 2. The van der Waals surface area contributed by atoms with Crippen molar-refractivity contribution in [3.05, 3.63) is 38.0 Å². The quantitative estimate of drug-likeness (QED) is 0.340. The molecular formula is C11H16N2O5S. The fourth-order valence-electron chi connectivity index (χ4n) is 1.23. The van der Waals surface area contributed by atoms with E-state index in [9.17, 15) is 22.6 Å². The van der Waals surface area contributed by atoms with Gasteiger partial charge in [0.2, 0.25) is 11.8 Å². The average Bonchev–Trinajstić information content (AvgIpc) is 2.33. The van der Waals surface area contributed by atoms with E-state index in [1.54, 1.807) is 0 Å². The highest BCUT2D eigenvalue weighted by atomic mass is 32.2. The fourth-order valence-corrected chi connectivity index (χ4v) is 1.94. The summed E-state index contributed by atoms with van der Waals surface area (Å²) >= 11 is 0. The maximum atomic E-state index is 11.5. The summed E-state index contributed by atoms with van der Waals surface area (Å²) in [7, 11) is -4.73. The Morgan fingerprint density at radius 3 is 2.00 bits per heavy atom. The lowest BCUT2D eigenvalue weighted by molar-refractivity contribution is -0.119. The third kappa shape index (κ3) is 4.04. The monoisotopic (exact) mass is 288 g/mol. The SMILES string of the molecule is C=CC(=O)NC(C=C)C(C)(NC(=O)C=C)S(=O)(=O)O. The summed E-state index contributed by atoms with van der Waals surface area (Å²) in [6.07, 6.45) is 2.81. The van der Waals surface area contributed by atoms with E-state index in [2.05, 4.69) is 25.1 Å². The van der Waals surface area contributed by atoms with Gasteiger partial charge in [0.15, 0.2) is 4.87 Å². The van der Waals surface area contributed by atoms with E-state index in [-0.39, 0.29) is 0 Å². The van der Waals surface area contributed by atoms with E-state index < -0.39 is 32.8 Å². The Kier molecular flexibility index (Phi) is 5.66. The van der Waals surface area contributed by atoms with Crippen molar-refractivity contribution < 1.29 is 22.6 Å². The number of rotatable bonds is 7. The third-order valence-electron chi connectivity index (χ3n) is 2.40. The fraction of sp³-hybridized carbons (Fsp3) is 0.273. The lowest BCUT2D eigenvalue weighted by atomic mass is 10.1. The second-order valence-electron chi connectivity index (χ2n) is 3.70. The van der Waals surface area contributed by atoms with Crippen molar-refractivity contribution in [1.82, 2.24) is 10.6 Å². The minimum Gasteiger partial charge on any atom is -0.343 e. The van der Waals surface area contributed by atoms with Gasteiger partial charge in [-0.3, -0.25) is 14.1 Å². The van der Waals surface area contributed by atoms with Crippen LogP contribution in [0.1, 0.15) is 6.92 Å². The highest BCUT2D eigenvalue weighted by molar-refractivity contribution is 7.87. The van der Waals surface area contributed by atoms with Crippen molar-refractivity contribution in [2.45, 2.75) is 17.8 Å². The third-order valence-corrected chi connectivity index (χ3v) is 3.83. The van der Waals surface area contributed by atoms with Crippen LogP contribution in [0.3, 0.4) is 0 Å². The van der Waals surface area contributed by atoms with Crippen LogP contribution < -0.4 is 10.6 Å². The lowest BCUT2D eigenvalue weighted by Crippen LogP contribution is -2.63. The molecule has 0 aromatic rings. The van der Waals surface area contributed by atoms with Crippen molar-refractivity contribution in [3.63, 3.8) is 0 Å². The van der Waals surface area contributed by atoms with Crippen LogP contribution in [0.4, 0.5) is 0 Å². The Balaban J connectivity index is 5.62. The molecule has 2 unspecified atom stereocenters. The first-order valence-corrected chi connectivity index (χ1v) is 6.53. The van der Waals surface area contributed by atoms with Gasteiger partial charge in [-0.05, 0) is 19.1 Å². The first kappa shape index (κ1) is 17.1. The van der Waals surface area contributed by atoms with Crippen LogP contribution in [0.2, 0.25) is 0 Å². The van der Waals surface area contributed by atoms with Gasteiger partial charge in [-0.1, -0.05) is 19.2 Å². The van der Waals surface area contributed by atoms with E-state index in [0.29, 0.717) is 0 Å². The van der Waals surface area contributed by atoms with Crippen molar-refractivity contribution in [2.24, 2.45) is 0 Å². The van der Waals surface area contributed by atoms with E-state index in [1.807, 2.05) is 5.32 Å². The highest BCUT2D eigenvalue weighted by Crippen LogP contribution is 2.18. The Morgan fingerprint density at radius 1 is 1.21 bits per heavy atom. The number of nitrogens with one attached hydrogen (secondary N) is 2. The standard InChI is InChI=1S/C11H16N2O5S/c1-5-8(12-9(14)6-2)11(4,19(16,17)18)13-10(15)7-3/h5-8H,1-3H2,4H3,(H,12,14)(H,13,15)(H,16,17,18). The summed E-state index contributed by atoms with van der Waals surface area (Å²) in [5, 5.41) is 4.28. The van der Waals surface area contributed by atoms with Crippen LogP contribution in [0.25, 0.3) is 0 Å². The summed E-state index contributed by atoms with van der Waals surface area (Å²) in [6, 6.07) is -1.27. The average molecular weight is 288 g/mol. The molecule has 0 heterocycles. The number of carbonyl (C=O) groups excluding carboxylic acids is 2. The topological polar surface area (TPSA) is 113 Å². The summed E-state index contributed by atoms with van der Waals surface area (Å²) in [5.41, 5.74) is 0. The molecule has 0 fully saturated rings. The van der Waals surface area contributed by atoms with Crippen molar-refractivity contribution in [1.29, 1.82) is 0 Å². The minimum absolute atomic E-state index is 0.687. The molecule has 0 radical (unpaired) electrons. The molecule has 7 nitrogen and oxygen atoms in total. The second-order valence-corrected chi connectivity index (χ2v) is 5.50. The summed E-state index contributed by atoms with van der Waals surface area (Å²) in [6.45, 7) is 10.8. The molecule has 2 atom stereocenters. The molecule has 106 valence electrons. The van der Waals surface area contributed by atoms with Gasteiger partial charge in [-0.15, -0.1) is 6.58 Å². The smallest absolute Gasteiger partial charge is 0.291 e. The van der Waals surface area contributed by atoms with Gasteiger partial charge in [0.05, 0.1) is 6.04 Å². The van der Waals surface area contributed by atoms with Crippen LogP contribution in [0.15, 0.2) is 38.0 Å². The van der Waals surface area contributed by atoms with E-state index >= 15 is 0 Å². The van der Waals surface area contributed by atoms with Gasteiger partial charge in [0, 0.05) is 0 Å². The zero-order chi connectivity index (χ0) is 15.3. The zero-order valence-electron chi connectivity index (χ0n) is 10.4. The van der Waals surface area contributed by atoms with Gasteiger partial charge < -0.3 is 10.6 Å². The van der Waals surface area contributed by atoms with Crippen molar-refractivity contribution in [2.75, 3.05) is 0 Å². The van der Waals surface area contributed by atoms with E-state index in [0.717, 1.165) is 25.2 Å². The summed E-state index contributed by atoms with van der Waals surface area (Å²) in [5.74, 6) is -1.52. The molecule has 2 amide bonds. The molecule has 0 aromatic carbocycles. The van der Waals surface area contributed by atoms with E-state index in [4.69, 9.17) is 0 Å². The lowest BCUT2D eigenvalue weighted by Gasteiger charge is -2.33. The van der Waals surface area contributed by atoms with Crippen LogP contribution >= 0.6 is 0 Å². The minimum atomic E-state index is -4.73. The maximum Gasteiger partial charge on any atom is 0.291 e. The van der Waals surface area contributed by atoms with Crippen LogP contribution in [0, 0.1) is 0 Å². The molecule has 8 heteroatoms. The van der Waals surface area contributed by atoms with Gasteiger partial charge in [-0.2, -0.15) is 8.42 Å². The molecule has 0 aromatic heterocycles. The summed E-state index contributed by atoms with van der Waals surface area (Å²) < 4.78 is 32.2. The van der Waals surface area contributed by atoms with Crippen LogP contribution in [-0.4, -0.2) is 35.7 Å². The molecule has 0 aliphatic rings. The number of hydrogen-bond donors (Lipinski definition) is 3. The Morgan fingerprint density at radius 2 is 1.68 bits per heavy atom. The maximum absolute atomic E-state index is 11.5. The van der Waals surface area contributed by atoms with Crippen molar-refractivity contribution in [3.8, 4) is 0 Å². The predicted molar refractivity (Wildman–Crippen MR) is 70.6 cm³/mol. The van der Waals surface area contributed by atoms with Gasteiger partial charge in [0.25, 0.3) is 10.1 Å². The molecular weight excluding hydrogens is 272 g/mol. The van der Waals surface area contributed by atoms with Crippen molar-refractivity contribution >= 4 is 21.9 Å². The first-order chi connectivity index (χ1) is 8.62. The van der Waals surface area contributed by atoms with Crippen LogP contribution in [-0.2, 0) is 19.7 Å². The molecule has 0 spiro atoms. The Labute approximate surface area is 111 Å². The highest BCUT2D eigenvalue weighted by Gasteiger charge is 2.46. The predicted octanol–water partition coefficient (Wildman–Crippen LogP) is -0.251. The van der Waals surface area contributed by atoms with Gasteiger partial charge in [-0.25, -0.2) is 0 Å². The normalized spacial score (nSPS) is 15.5. The van der Waals surface area contributed by atoms with Gasteiger partial charge >= 0.3 is 0 Å². The molecule has 19 heavy (non-hydrogen) atoms. The van der Waals surface area contributed by atoms with Crippen LogP contribution in [0.5, 0.6) is 0 Å². The molecule has 0 saturated carbocycles. The number of hydrogen-bond acceptors (Lipinski definition) is 4. The molecule has 0 aliphatic heterocycles. The van der Waals surface area contributed by atoms with E-state index in [1.165, 1.54) is 0 Å². The first-order valence-electron chi connectivity index (χ1n) is 5.09. The second kappa shape index (κ2) is 6.30. The molecule has 0 rings (SSSR count). The molecule has 3 N–H and O–H groups in total.